The Morgan fingerprint density at radius 3 is 2.63 bits per heavy atom. The lowest BCUT2D eigenvalue weighted by Gasteiger charge is -2.21. The zero-order valence-electron chi connectivity index (χ0n) is 17.5. The van der Waals surface area contributed by atoms with Gasteiger partial charge in [-0.1, -0.05) is 24.3 Å². The number of likely N-dealkylation sites (N-methyl/N-ethyl adjacent to an activating group) is 1. The van der Waals surface area contributed by atoms with Crippen LogP contribution in [0.1, 0.15) is 31.9 Å². The smallest absolute Gasteiger partial charge is 0.260 e. The summed E-state index contributed by atoms with van der Waals surface area (Å²) in [6.45, 7) is 6.20. The Kier molecular flexibility index (Phi) is 6.59. The molecular formula is C23H27FN2O4. The molecule has 6 nitrogen and oxygen atoms in total. The molecule has 0 atom stereocenters. The van der Waals surface area contributed by atoms with E-state index in [4.69, 9.17) is 9.47 Å². The standard InChI is InChI=1S/C23H27FN2O4/c1-4-26(14-20(27)25-13-16-8-10-18(24)11-9-16)21(28)15-29-19-7-5-6-17-12-23(2,3)30-22(17)19/h5-11H,4,12-15H2,1-3H3,(H,25,27). The van der Waals surface area contributed by atoms with E-state index in [0.717, 1.165) is 17.5 Å². The van der Waals surface area contributed by atoms with E-state index < -0.39 is 0 Å². The first kappa shape index (κ1) is 21.6. The summed E-state index contributed by atoms with van der Waals surface area (Å²) in [6, 6.07) is 11.5. The number of amides is 2. The first-order valence-corrected chi connectivity index (χ1v) is 10.00. The number of benzene rings is 2. The van der Waals surface area contributed by atoms with E-state index in [1.54, 1.807) is 25.1 Å². The Bertz CT molecular complexity index is 912. The van der Waals surface area contributed by atoms with Crippen LogP contribution < -0.4 is 14.8 Å². The molecule has 1 heterocycles. The van der Waals surface area contributed by atoms with Crippen LogP contribution in [0.5, 0.6) is 11.5 Å². The molecule has 30 heavy (non-hydrogen) atoms. The fourth-order valence-corrected chi connectivity index (χ4v) is 3.34. The third kappa shape index (κ3) is 5.49. The molecule has 0 radical (unpaired) electrons. The van der Waals surface area contributed by atoms with Gasteiger partial charge in [0, 0.05) is 25.1 Å². The number of carbonyl (C=O) groups is 2. The molecule has 2 aromatic carbocycles. The SMILES string of the molecule is CCN(CC(=O)NCc1ccc(F)cc1)C(=O)COc1cccc2c1OC(C)(C)C2. The van der Waals surface area contributed by atoms with Crippen molar-refractivity contribution in [1.82, 2.24) is 10.2 Å². The van der Waals surface area contributed by atoms with Gasteiger partial charge in [-0.2, -0.15) is 0 Å². The van der Waals surface area contributed by atoms with Gasteiger partial charge in [0.05, 0.1) is 6.54 Å². The van der Waals surface area contributed by atoms with Gasteiger partial charge < -0.3 is 19.7 Å². The van der Waals surface area contributed by atoms with Crippen LogP contribution in [0.2, 0.25) is 0 Å². The molecule has 1 N–H and O–H groups in total. The van der Waals surface area contributed by atoms with E-state index in [1.807, 2.05) is 26.0 Å². The predicted octanol–water partition coefficient (Wildman–Crippen LogP) is 3.08. The zero-order valence-corrected chi connectivity index (χ0v) is 17.5. The van der Waals surface area contributed by atoms with Gasteiger partial charge in [0.1, 0.15) is 11.4 Å². The van der Waals surface area contributed by atoms with Gasteiger partial charge in [0.25, 0.3) is 5.91 Å². The van der Waals surface area contributed by atoms with E-state index in [9.17, 15) is 14.0 Å². The van der Waals surface area contributed by atoms with Gasteiger partial charge in [-0.15, -0.1) is 0 Å². The lowest BCUT2D eigenvalue weighted by molar-refractivity contribution is -0.137. The van der Waals surface area contributed by atoms with Crippen molar-refractivity contribution >= 4 is 11.8 Å². The molecule has 0 bridgehead atoms. The molecular weight excluding hydrogens is 387 g/mol. The number of rotatable bonds is 8. The van der Waals surface area contributed by atoms with Crippen molar-refractivity contribution in [2.75, 3.05) is 19.7 Å². The van der Waals surface area contributed by atoms with Crippen molar-refractivity contribution in [1.29, 1.82) is 0 Å². The lowest BCUT2D eigenvalue weighted by Crippen LogP contribution is -2.42. The Balaban J connectivity index is 1.51. The van der Waals surface area contributed by atoms with Crippen LogP contribution in [0.25, 0.3) is 0 Å². The fraction of sp³-hybridized carbons (Fsp3) is 0.391. The second-order valence-electron chi connectivity index (χ2n) is 7.88. The summed E-state index contributed by atoms with van der Waals surface area (Å²) in [6.07, 6.45) is 0.781. The molecule has 0 fully saturated rings. The van der Waals surface area contributed by atoms with E-state index in [1.165, 1.54) is 17.0 Å². The molecule has 0 unspecified atom stereocenters. The van der Waals surface area contributed by atoms with Gasteiger partial charge in [-0.05, 0) is 44.5 Å². The van der Waals surface area contributed by atoms with Crippen molar-refractivity contribution in [3.8, 4) is 11.5 Å². The topological polar surface area (TPSA) is 67.9 Å². The van der Waals surface area contributed by atoms with Crippen LogP contribution >= 0.6 is 0 Å². The number of halogens is 1. The Morgan fingerprint density at radius 2 is 1.93 bits per heavy atom. The molecule has 160 valence electrons. The molecule has 1 aliphatic heterocycles. The Labute approximate surface area is 176 Å². The van der Waals surface area contributed by atoms with Crippen LogP contribution in [-0.2, 0) is 22.6 Å². The van der Waals surface area contributed by atoms with Crippen LogP contribution in [0.3, 0.4) is 0 Å². The first-order valence-electron chi connectivity index (χ1n) is 10.00. The summed E-state index contributed by atoms with van der Waals surface area (Å²) in [7, 11) is 0. The second-order valence-corrected chi connectivity index (χ2v) is 7.88. The number of nitrogens with one attached hydrogen (secondary N) is 1. The van der Waals surface area contributed by atoms with Crippen LogP contribution in [0.4, 0.5) is 4.39 Å². The number of hydrogen-bond acceptors (Lipinski definition) is 4. The quantitative estimate of drug-likeness (QED) is 0.721. The second kappa shape index (κ2) is 9.15. The highest BCUT2D eigenvalue weighted by molar-refractivity contribution is 5.85. The van der Waals surface area contributed by atoms with E-state index in [0.29, 0.717) is 18.0 Å². The van der Waals surface area contributed by atoms with Gasteiger partial charge >= 0.3 is 0 Å². The predicted molar refractivity (Wildman–Crippen MR) is 111 cm³/mol. The van der Waals surface area contributed by atoms with E-state index >= 15 is 0 Å². The summed E-state index contributed by atoms with van der Waals surface area (Å²) in [5.74, 6) is 0.300. The van der Waals surface area contributed by atoms with Crippen LogP contribution in [-0.4, -0.2) is 42.0 Å². The molecule has 0 aliphatic carbocycles. The van der Waals surface area contributed by atoms with Gasteiger partial charge in [0.15, 0.2) is 18.1 Å². The Hall–Kier alpha value is -3.09. The average molecular weight is 414 g/mol. The maximum absolute atomic E-state index is 12.9. The number of para-hydroxylation sites is 1. The van der Waals surface area contributed by atoms with Gasteiger partial charge in [-0.3, -0.25) is 9.59 Å². The monoisotopic (exact) mass is 414 g/mol. The van der Waals surface area contributed by atoms with Gasteiger partial charge in [-0.25, -0.2) is 4.39 Å². The summed E-state index contributed by atoms with van der Waals surface area (Å²) in [5, 5.41) is 2.74. The maximum atomic E-state index is 12.9. The van der Waals surface area contributed by atoms with Crippen molar-refractivity contribution in [2.45, 2.75) is 39.3 Å². The molecule has 2 amide bonds. The van der Waals surface area contributed by atoms with Gasteiger partial charge in [0.2, 0.25) is 5.91 Å². The number of fused-ring (bicyclic) bond motifs is 1. The van der Waals surface area contributed by atoms with Crippen molar-refractivity contribution in [3.05, 3.63) is 59.4 Å². The third-order valence-electron chi connectivity index (χ3n) is 4.88. The summed E-state index contributed by atoms with van der Waals surface area (Å²) >= 11 is 0. The third-order valence-corrected chi connectivity index (χ3v) is 4.88. The number of nitrogens with zero attached hydrogens (tertiary/aromatic N) is 1. The zero-order chi connectivity index (χ0) is 21.7. The molecule has 0 spiro atoms. The Morgan fingerprint density at radius 1 is 1.20 bits per heavy atom. The number of hydrogen-bond donors (Lipinski definition) is 1. The fourth-order valence-electron chi connectivity index (χ4n) is 3.34. The summed E-state index contributed by atoms with van der Waals surface area (Å²) in [4.78, 5) is 26.2. The first-order chi connectivity index (χ1) is 14.3. The molecule has 0 saturated heterocycles. The highest BCUT2D eigenvalue weighted by Gasteiger charge is 2.32. The normalized spacial score (nSPS) is 13.9. The summed E-state index contributed by atoms with van der Waals surface area (Å²) < 4.78 is 24.6. The van der Waals surface area contributed by atoms with E-state index in [-0.39, 0.29) is 42.9 Å². The highest BCUT2D eigenvalue weighted by atomic mass is 19.1. The number of carbonyl (C=O) groups excluding carboxylic acids is 2. The molecule has 2 aromatic rings. The largest absolute Gasteiger partial charge is 0.483 e. The molecule has 0 aromatic heterocycles. The van der Waals surface area contributed by atoms with E-state index in [2.05, 4.69) is 5.32 Å². The maximum Gasteiger partial charge on any atom is 0.260 e. The average Bonchev–Trinajstić information content (AvgIpc) is 3.04. The molecule has 1 aliphatic rings. The minimum absolute atomic E-state index is 0.0731. The minimum Gasteiger partial charge on any atom is -0.483 e. The van der Waals surface area contributed by atoms with Crippen molar-refractivity contribution in [2.24, 2.45) is 0 Å². The highest BCUT2D eigenvalue weighted by Crippen LogP contribution is 2.41. The molecule has 7 heteroatoms. The number of ether oxygens (including phenoxy) is 2. The lowest BCUT2D eigenvalue weighted by atomic mass is 10.0. The summed E-state index contributed by atoms with van der Waals surface area (Å²) in [5.41, 5.74) is 1.53. The van der Waals surface area contributed by atoms with Crippen LogP contribution in [0, 0.1) is 5.82 Å². The molecule has 3 rings (SSSR count). The van der Waals surface area contributed by atoms with Crippen LogP contribution in [0.15, 0.2) is 42.5 Å². The van der Waals surface area contributed by atoms with Crippen molar-refractivity contribution < 1.29 is 23.5 Å². The minimum atomic E-state index is -0.328. The molecule has 0 saturated carbocycles. The van der Waals surface area contributed by atoms with Crippen molar-refractivity contribution in [3.63, 3.8) is 0 Å².